The van der Waals surface area contributed by atoms with E-state index in [0.717, 1.165) is 48.8 Å². The number of nitrogens with zero attached hydrogens (tertiary/aromatic N) is 5. The zero-order valence-electron chi connectivity index (χ0n) is 24.1. The molecule has 1 saturated heterocycles. The lowest BCUT2D eigenvalue weighted by atomic mass is 9.93. The van der Waals surface area contributed by atoms with E-state index in [1.54, 1.807) is 17.4 Å². The van der Waals surface area contributed by atoms with Gasteiger partial charge in [0.2, 0.25) is 0 Å². The van der Waals surface area contributed by atoms with Gasteiger partial charge in [-0.2, -0.15) is 0 Å². The lowest BCUT2D eigenvalue weighted by Gasteiger charge is -2.34. The van der Waals surface area contributed by atoms with Crippen LogP contribution in [0, 0.1) is 0 Å². The molecule has 1 aliphatic rings. The van der Waals surface area contributed by atoms with Crippen LogP contribution in [0.25, 0.3) is 26.4 Å². The molecule has 2 aromatic carbocycles. The number of amides is 2. The first-order valence-corrected chi connectivity index (χ1v) is 15.1. The maximum Gasteiger partial charge on any atom is 0.324 e. The highest BCUT2D eigenvalue weighted by atomic mass is 32.1. The van der Waals surface area contributed by atoms with Crippen molar-refractivity contribution in [3.05, 3.63) is 66.1 Å². The molecule has 0 saturated carbocycles. The first kappa shape index (κ1) is 27.4. The molecule has 41 heavy (non-hydrogen) atoms. The monoisotopic (exact) mass is 571 g/mol. The fourth-order valence-electron chi connectivity index (χ4n) is 5.15. The lowest BCUT2D eigenvalue weighted by Crippen LogP contribution is -2.46. The summed E-state index contributed by atoms with van der Waals surface area (Å²) in [7, 11) is 0. The number of urea groups is 1. The number of benzene rings is 2. The van der Waals surface area contributed by atoms with E-state index in [-0.39, 0.29) is 11.4 Å². The molecule has 2 N–H and O–H groups in total. The number of likely N-dealkylation sites (N-methyl/N-ethyl adjacent to an activating group) is 1. The van der Waals surface area contributed by atoms with Gasteiger partial charge in [0.05, 0.1) is 15.9 Å². The molecular formula is C31H37N7O2S. The van der Waals surface area contributed by atoms with Gasteiger partial charge in [-0.3, -0.25) is 9.72 Å². The highest BCUT2D eigenvalue weighted by Gasteiger charge is 2.20. The minimum atomic E-state index is -0.376. The first-order chi connectivity index (χ1) is 19.7. The Morgan fingerprint density at radius 3 is 2.46 bits per heavy atom. The molecule has 4 heterocycles. The highest BCUT2D eigenvalue weighted by molar-refractivity contribution is 7.23. The summed E-state index contributed by atoms with van der Waals surface area (Å²) < 4.78 is 8.77. The van der Waals surface area contributed by atoms with Crippen molar-refractivity contribution < 1.29 is 9.32 Å². The van der Waals surface area contributed by atoms with E-state index in [1.165, 1.54) is 28.9 Å². The molecule has 0 radical (unpaired) electrons. The van der Waals surface area contributed by atoms with Gasteiger partial charge < -0.3 is 19.6 Å². The summed E-state index contributed by atoms with van der Waals surface area (Å²) in [4.78, 5) is 23.4. The molecule has 2 amide bonds. The van der Waals surface area contributed by atoms with Crippen LogP contribution in [0.15, 0.2) is 59.3 Å². The van der Waals surface area contributed by atoms with E-state index in [0.29, 0.717) is 17.3 Å². The standard InChI is InChI=1S/C31H37N7O2S/c1-5-36-14-16-37(17-15-36)13-12-21-6-11-25-26(18-21)41-30-33-24(20-38(25)30)22-7-9-23(10-8-22)32-29(39)34-28-19-27(40-35-28)31(2,3)4/h6-11,18-20H,5,12-17H2,1-4H3,(H2,32,34,35,39). The molecule has 0 unspecified atom stereocenters. The van der Waals surface area contributed by atoms with Crippen molar-refractivity contribution >= 4 is 44.1 Å². The number of nitrogens with one attached hydrogen (secondary N) is 2. The fraction of sp³-hybridized carbons (Fsp3) is 0.387. The zero-order valence-corrected chi connectivity index (χ0v) is 24.9. The normalized spacial score (nSPS) is 15.1. The van der Waals surface area contributed by atoms with Gasteiger partial charge in [-0.05, 0) is 42.8 Å². The summed E-state index contributed by atoms with van der Waals surface area (Å²) in [5.41, 5.74) is 4.96. The van der Waals surface area contributed by atoms with E-state index in [2.05, 4.69) is 61.3 Å². The number of thiazole rings is 1. The van der Waals surface area contributed by atoms with Crippen LogP contribution in [0.2, 0.25) is 0 Å². The number of carbonyl (C=O) groups is 1. The van der Waals surface area contributed by atoms with Gasteiger partial charge in [0.15, 0.2) is 10.8 Å². The molecule has 3 aromatic heterocycles. The number of carbonyl (C=O) groups excluding carboxylic acids is 1. The first-order valence-electron chi connectivity index (χ1n) is 14.3. The van der Waals surface area contributed by atoms with Gasteiger partial charge in [-0.25, -0.2) is 9.78 Å². The van der Waals surface area contributed by atoms with Gasteiger partial charge in [0.25, 0.3) is 0 Å². The Labute approximate surface area is 244 Å². The number of rotatable bonds is 7. The molecule has 9 nitrogen and oxygen atoms in total. The Balaban J connectivity index is 1.08. The third kappa shape index (κ3) is 6.14. The van der Waals surface area contributed by atoms with Crippen molar-refractivity contribution in [2.45, 2.75) is 39.5 Å². The summed E-state index contributed by atoms with van der Waals surface area (Å²) in [5.74, 6) is 1.09. The number of hydrogen-bond donors (Lipinski definition) is 2. The van der Waals surface area contributed by atoms with E-state index in [4.69, 9.17) is 9.51 Å². The summed E-state index contributed by atoms with van der Waals surface area (Å²) in [6, 6.07) is 15.9. The number of aromatic nitrogens is 3. The number of fused-ring (bicyclic) bond motifs is 3. The SMILES string of the molecule is CCN1CCN(CCc2ccc3c(c2)sc2nc(-c4ccc(NC(=O)Nc5cc(C(C)(C)C)on5)cc4)cn23)CC1. The number of piperazine rings is 1. The van der Waals surface area contributed by atoms with Crippen molar-refractivity contribution in [1.82, 2.24) is 24.3 Å². The lowest BCUT2D eigenvalue weighted by molar-refractivity contribution is 0.138. The van der Waals surface area contributed by atoms with Gasteiger partial charge >= 0.3 is 6.03 Å². The third-order valence-corrected chi connectivity index (χ3v) is 8.73. The predicted molar refractivity (Wildman–Crippen MR) is 166 cm³/mol. The average molecular weight is 572 g/mol. The molecule has 0 bridgehead atoms. The van der Waals surface area contributed by atoms with Crippen LogP contribution >= 0.6 is 11.3 Å². The van der Waals surface area contributed by atoms with Crippen LogP contribution in [-0.2, 0) is 11.8 Å². The molecule has 5 aromatic rings. The molecule has 10 heteroatoms. The second-order valence-electron chi connectivity index (χ2n) is 11.7. The summed E-state index contributed by atoms with van der Waals surface area (Å²) >= 11 is 1.72. The Morgan fingerprint density at radius 1 is 1.00 bits per heavy atom. The summed E-state index contributed by atoms with van der Waals surface area (Å²) in [6.45, 7) is 15.3. The molecule has 1 fully saturated rings. The van der Waals surface area contributed by atoms with Crippen LogP contribution < -0.4 is 10.6 Å². The Bertz CT molecular complexity index is 1650. The van der Waals surface area contributed by atoms with Crippen LogP contribution in [0.5, 0.6) is 0 Å². The van der Waals surface area contributed by atoms with Crippen LogP contribution in [0.1, 0.15) is 39.0 Å². The van der Waals surface area contributed by atoms with Gasteiger partial charge in [-0.15, -0.1) is 0 Å². The second-order valence-corrected chi connectivity index (χ2v) is 12.7. The van der Waals surface area contributed by atoms with E-state index < -0.39 is 0 Å². The minimum absolute atomic E-state index is 0.180. The van der Waals surface area contributed by atoms with Crippen LogP contribution in [0.4, 0.5) is 16.3 Å². The highest BCUT2D eigenvalue weighted by Crippen LogP contribution is 2.31. The zero-order chi connectivity index (χ0) is 28.6. The quantitative estimate of drug-likeness (QED) is 0.237. The van der Waals surface area contributed by atoms with Crippen molar-refractivity contribution in [2.24, 2.45) is 0 Å². The van der Waals surface area contributed by atoms with Crippen molar-refractivity contribution in [3.8, 4) is 11.3 Å². The van der Waals surface area contributed by atoms with Crippen molar-refractivity contribution in [1.29, 1.82) is 0 Å². The van der Waals surface area contributed by atoms with Gasteiger partial charge in [-0.1, -0.05) is 62.4 Å². The van der Waals surface area contributed by atoms with E-state index in [9.17, 15) is 4.79 Å². The number of hydrogen-bond acceptors (Lipinski definition) is 7. The fourth-order valence-corrected chi connectivity index (χ4v) is 6.22. The van der Waals surface area contributed by atoms with Crippen molar-refractivity contribution in [2.75, 3.05) is 49.9 Å². The number of anilines is 2. The smallest absolute Gasteiger partial charge is 0.324 e. The predicted octanol–water partition coefficient (Wildman–Crippen LogP) is 6.33. The molecule has 0 aliphatic carbocycles. The molecule has 0 spiro atoms. The van der Waals surface area contributed by atoms with Crippen LogP contribution in [0.3, 0.4) is 0 Å². The average Bonchev–Trinajstić information content (AvgIpc) is 3.67. The van der Waals surface area contributed by atoms with Gasteiger partial charge in [0.1, 0.15) is 5.76 Å². The van der Waals surface area contributed by atoms with Crippen LogP contribution in [-0.4, -0.2) is 69.6 Å². The van der Waals surface area contributed by atoms with Crippen molar-refractivity contribution in [3.63, 3.8) is 0 Å². The topological polar surface area (TPSA) is 90.9 Å². The molecular weight excluding hydrogens is 534 g/mol. The minimum Gasteiger partial charge on any atom is -0.359 e. The molecule has 214 valence electrons. The largest absolute Gasteiger partial charge is 0.359 e. The molecule has 6 rings (SSSR count). The van der Waals surface area contributed by atoms with E-state index >= 15 is 0 Å². The maximum absolute atomic E-state index is 12.4. The second kappa shape index (κ2) is 11.3. The summed E-state index contributed by atoms with van der Waals surface area (Å²) in [5, 5.41) is 9.50. The third-order valence-electron chi connectivity index (χ3n) is 7.72. The molecule has 1 aliphatic heterocycles. The maximum atomic E-state index is 12.4. The Morgan fingerprint density at radius 2 is 1.76 bits per heavy atom. The number of imidazole rings is 1. The Hall–Kier alpha value is -3.73. The Kier molecular flexibility index (Phi) is 7.54. The molecule has 0 atom stereocenters. The summed E-state index contributed by atoms with van der Waals surface area (Å²) in [6.07, 6.45) is 3.16. The van der Waals surface area contributed by atoms with E-state index in [1.807, 2.05) is 45.0 Å². The van der Waals surface area contributed by atoms with Gasteiger partial charge in [0, 0.05) is 61.7 Å².